The number of ether oxygens (including phenoxy) is 1. The third kappa shape index (κ3) is 7.24. The summed E-state index contributed by atoms with van der Waals surface area (Å²) in [5, 5.41) is 9.85. The van der Waals surface area contributed by atoms with E-state index in [-0.39, 0.29) is 5.91 Å². The second-order valence-corrected chi connectivity index (χ2v) is 7.83. The van der Waals surface area contributed by atoms with Gasteiger partial charge in [-0.1, -0.05) is 17.4 Å². The normalized spacial score (nSPS) is 11.4. The van der Waals surface area contributed by atoms with Crippen molar-refractivity contribution in [2.45, 2.75) is 6.61 Å². The summed E-state index contributed by atoms with van der Waals surface area (Å²) in [5.74, 6) is 0.900. The topological polar surface area (TPSA) is 117 Å². The van der Waals surface area contributed by atoms with Crippen LogP contribution in [0.5, 0.6) is 0 Å². The predicted octanol–water partition coefficient (Wildman–Crippen LogP) is 2.02. The third-order valence-corrected chi connectivity index (χ3v) is 4.81. The van der Waals surface area contributed by atoms with Gasteiger partial charge in [-0.3, -0.25) is 4.79 Å². The molecule has 0 radical (unpaired) electrons. The average molecular weight is 443 g/mol. The van der Waals surface area contributed by atoms with Crippen molar-refractivity contribution in [3.05, 3.63) is 42.2 Å². The number of amides is 1. The van der Waals surface area contributed by atoms with Crippen molar-refractivity contribution in [1.29, 1.82) is 0 Å². The van der Waals surface area contributed by atoms with E-state index in [1.54, 1.807) is 13.3 Å². The smallest absolute Gasteiger partial charge is 0.243 e. The molecule has 164 valence electrons. The van der Waals surface area contributed by atoms with E-state index in [1.165, 1.54) is 17.4 Å². The highest BCUT2D eigenvalue weighted by molar-refractivity contribution is 7.21. The Labute approximate surface area is 184 Å². The van der Waals surface area contributed by atoms with Gasteiger partial charge in [-0.25, -0.2) is 15.0 Å². The Bertz CT molecular complexity index is 1000. The first-order valence-electron chi connectivity index (χ1n) is 9.72. The van der Waals surface area contributed by atoms with Gasteiger partial charge in [0.2, 0.25) is 11.9 Å². The summed E-state index contributed by atoms with van der Waals surface area (Å²) >= 11 is 1.45. The SMILES string of the molecule is COCc1cc(Nc2nc3cccnc3s2)nc(NCCNC(=O)/C=C/CN(C)C)n1. The molecule has 0 aromatic carbocycles. The number of fused-ring (bicyclic) bond motifs is 1. The fourth-order valence-electron chi connectivity index (χ4n) is 2.58. The minimum absolute atomic E-state index is 0.135. The van der Waals surface area contributed by atoms with Crippen molar-refractivity contribution in [2.75, 3.05) is 51.5 Å². The molecule has 0 spiro atoms. The van der Waals surface area contributed by atoms with Crippen molar-refractivity contribution in [1.82, 2.24) is 30.2 Å². The molecular formula is C20H26N8O2S. The number of carbonyl (C=O) groups is 1. The van der Waals surface area contributed by atoms with E-state index in [0.717, 1.165) is 16.0 Å². The molecule has 3 aromatic rings. The monoisotopic (exact) mass is 442 g/mol. The zero-order valence-corrected chi connectivity index (χ0v) is 18.6. The Hall–Kier alpha value is -3.15. The maximum Gasteiger partial charge on any atom is 0.243 e. The van der Waals surface area contributed by atoms with Gasteiger partial charge in [0.25, 0.3) is 0 Å². The molecule has 0 aliphatic carbocycles. The van der Waals surface area contributed by atoms with Gasteiger partial charge in [-0.05, 0) is 26.2 Å². The highest BCUT2D eigenvalue weighted by atomic mass is 32.1. The number of methoxy groups -OCH3 is 1. The van der Waals surface area contributed by atoms with Crippen LogP contribution in [-0.2, 0) is 16.1 Å². The number of hydrogen-bond donors (Lipinski definition) is 3. The molecule has 0 atom stereocenters. The van der Waals surface area contributed by atoms with Gasteiger partial charge in [0.1, 0.15) is 16.2 Å². The number of nitrogens with zero attached hydrogens (tertiary/aromatic N) is 5. The van der Waals surface area contributed by atoms with Gasteiger partial charge >= 0.3 is 0 Å². The first-order chi connectivity index (χ1) is 15.0. The molecule has 3 heterocycles. The van der Waals surface area contributed by atoms with Crippen LogP contribution in [0.25, 0.3) is 10.3 Å². The van der Waals surface area contributed by atoms with Crippen LogP contribution in [0.1, 0.15) is 5.69 Å². The van der Waals surface area contributed by atoms with Crippen molar-refractivity contribution in [3.8, 4) is 0 Å². The summed E-state index contributed by atoms with van der Waals surface area (Å²) in [4.78, 5) is 32.4. The van der Waals surface area contributed by atoms with E-state index >= 15 is 0 Å². The number of rotatable bonds is 11. The highest BCUT2D eigenvalue weighted by Crippen LogP contribution is 2.26. The lowest BCUT2D eigenvalue weighted by Gasteiger charge is -2.10. The number of likely N-dealkylation sites (N-methyl/N-ethyl adjacent to an activating group) is 1. The number of aromatic nitrogens is 4. The Morgan fingerprint density at radius 1 is 1.26 bits per heavy atom. The minimum atomic E-state index is -0.135. The molecule has 0 aliphatic rings. The average Bonchev–Trinajstić information content (AvgIpc) is 3.13. The number of pyridine rings is 1. The lowest BCUT2D eigenvalue weighted by atomic mass is 10.4. The molecule has 0 saturated carbocycles. The summed E-state index contributed by atoms with van der Waals surface area (Å²) in [7, 11) is 5.50. The van der Waals surface area contributed by atoms with Gasteiger partial charge in [0.15, 0.2) is 5.13 Å². The van der Waals surface area contributed by atoms with E-state index in [2.05, 4.69) is 35.9 Å². The van der Waals surface area contributed by atoms with Crippen molar-refractivity contribution in [3.63, 3.8) is 0 Å². The molecule has 0 unspecified atom stereocenters. The molecule has 3 rings (SSSR count). The van der Waals surface area contributed by atoms with E-state index < -0.39 is 0 Å². The summed E-state index contributed by atoms with van der Waals surface area (Å²) < 4.78 is 5.21. The molecule has 1 amide bonds. The van der Waals surface area contributed by atoms with Crippen molar-refractivity contribution < 1.29 is 9.53 Å². The minimum Gasteiger partial charge on any atom is -0.378 e. The van der Waals surface area contributed by atoms with Gasteiger partial charge in [-0.2, -0.15) is 4.98 Å². The molecule has 3 N–H and O–H groups in total. The van der Waals surface area contributed by atoms with Crippen LogP contribution in [0.4, 0.5) is 16.9 Å². The molecule has 0 fully saturated rings. The van der Waals surface area contributed by atoms with Gasteiger partial charge in [-0.15, -0.1) is 0 Å². The number of anilines is 3. The highest BCUT2D eigenvalue weighted by Gasteiger charge is 2.09. The fraction of sp³-hybridized carbons (Fsp3) is 0.350. The van der Waals surface area contributed by atoms with E-state index in [9.17, 15) is 4.79 Å². The maximum absolute atomic E-state index is 11.8. The first-order valence-corrected chi connectivity index (χ1v) is 10.5. The Morgan fingerprint density at radius 3 is 2.90 bits per heavy atom. The van der Waals surface area contributed by atoms with Crippen LogP contribution in [0.3, 0.4) is 0 Å². The summed E-state index contributed by atoms with van der Waals surface area (Å²) in [6.45, 7) is 1.98. The standard InChI is InChI=1S/C20H26N8O2S/c1-28(2)11-5-7-17(29)21-9-10-23-19-24-14(13-30-3)12-16(26-19)27-20-25-15-6-4-8-22-18(15)31-20/h4-8,12H,9-11,13H2,1-3H3,(H,21,29)(H2,23,24,25,26,27)/b7-5+. The van der Waals surface area contributed by atoms with Crippen LogP contribution >= 0.6 is 11.3 Å². The molecule has 0 bridgehead atoms. The van der Waals surface area contributed by atoms with Crippen LogP contribution in [0.2, 0.25) is 0 Å². The van der Waals surface area contributed by atoms with Gasteiger partial charge in [0.05, 0.1) is 12.3 Å². The molecule has 31 heavy (non-hydrogen) atoms. The predicted molar refractivity (Wildman–Crippen MR) is 123 cm³/mol. The zero-order valence-electron chi connectivity index (χ0n) is 17.8. The number of thiazole rings is 1. The zero-order chi connectivity index (χ0) is 22.1. The van der Waals surface area contributed by atoms with Crippen LogP contribution < -0.4 is 16.0 Å². The number of hydrogen-bond acceptors (Lipinski definition) is 10. The maximum atomic E-state index is 11.8. The van der Waals surface area contributed by atoms with E-state index in [4.69, 9.17) is 4.74 Å². The number of carbonyl (C=O) groups excluding carboxylic acids is 1. The molecule has 11 heteroatoms. The third-order valence-electron chi connectivity index (χ3n) is 3.92. The molecular weight excluding hydrogens is 416 g/mol. The Morgan fingerprint density at radius 2 is 2.13 bits per heavy atom. The van der Waals surface area contributed by atoms with Crippen LogP contribution in [0, 0.1) is 0 Å². The first kappa shape index (κ1) is 22.5. The second-order valence-electron chi connectivity index (χ2n) is 6.86. The summed E-state index contributed by atoms with van der Waals surface area (Å²) in [6, 6.07) is 5.58. The van der Waals surface area contributed by atoms with E-state index in [0.29, 0.717) is 43.1 Å². The van der Waals surface area contributed by atoms with Crippen LogP contribution in [0.15, 0.2) is 36.5 Å². The quantitative estimate of drug-likeness (QED) is 0.303. The van der Waals surface area contributed by atoms with Crippen LogP contribution in [-0.4, -0.2) is 71.6 Å². The fourth-order valence-corrected chi connectivity index (χ4v) is 3.40. The Balaban J connectivity index is 1.59. The molecule has 0 aliphatic heterocycles. The summed E-state index contributed by atoms with van der Waals surface area (Å²) in [6.07, 6.45) is 5.09. The van der Waals surface area contributed by atoms with Gasteiger partial charge in [0, 0.05) is 45.1 Å². The van der Waals surface area contributed by atoms with E-state index in [1.807, 2.05) is 43.3 Å². The van der Waals surface area contributed by atoms with Crippen molar-refractivity contribution in [2.24, 2.45) is 0 Å². The number of nitrogens with one attached hydrogen (secondary N) is 3. The summed E-state index contributed by atoms with van der Waals surface area (Å²) in [5.41, 5.74) is 1.55. The van der Waals surface area contributed by atoms with Gasteiger partial charge < -0.3 is 25.6 Å². The lowest BCUT2D eigenvalue weighted by molar-refractivity contribution is -0.116. The molecule has 10 nitrogen and oxygen atoms in total. The largest absolute Gasteiger partial charge is 0.378 e. The van der Waals surface area contributed by atoms with Crippen molar-refractivity contribution >= 4 is 44.5 Å². The lowest BCUT2D eigenvalue weighted by Crippen LogP contribution is -2.27. The Kier molecular flexibility index (Phi) is 8.21. The molecule has 3 aromatic heterocycles. The molecule has 0 saturated heterocycles. The second kappa shape index (κ2) is 11.3.